The van der Waals surface area contributed by atoms with Gasteiger partial charge in [0.15, 0.2) is 0 Å². The lowest BCUT2D eigenvalue weighted by molar-refractivity contribution is 0.174. The second kappa shape index (κ2) is 6.72. The standard InChI is InChI=1S/C12H19NO4S/c1-3-10(14)9-13-18(15,16)12-7-5-11(6-8-12)17-4-2/h5-8,10,13-14H,3-4,9H2,1-2H3. The monoisotopic (exact) mass is 273 g/mol. The summed E-state index contributed by atoms with van der Waals surface area (Å²) in [6.07, 6.45) is -0.159. The van der Waals surface area contributed by atoms with Crippen LogP contribution in [0, 0.1) is 0 Å². The van der Waals surface area contributed by atoms with Crippen molar-refractivity contribution >= 4 is 10.0 Å². The van der Waals surface area contributed by atoms with Gasteiger partial charge in [-0.25, -0.2) is 13.1 Å². The van der Waals surface area contributed by atoms with Crippen LogP contribution in [-0.2, 0) is 10.0 Å². The fraction of sp³-hybridized carbons (Fsp3) is 0.500. The molecule has 1 aromatic rings. The van der Waals surface area contributed by atoms with Gasteiger partial charge in [0.05, 0.1) is 17.6 Å². The highest BCUT2D eigenvalue weighted by Gasteiger charge is 2.15. The molecule has 0 aromatic heterocycles. The van der Waals surface area contributed by atoms with E-state index in [2.05, 4.69) is 4.72 Å². The lowest BCUT2D eigenvalue weighted by atomic mass is 10.3. The molecule has 1 unspecified atom stereocenters. The summed E-state index contributed by atoms with van der Waals surface area (Å²) in [5.74, 6) is 0.630. The SMILES string of the molecule is CCOc1ccc(S(=O)(=O)NCC(O)CC)cc1. The zero-order valence-corrected chi connectivity index (χ0v) is 11.4. The average molecular weight is 273 g/mol. The van der Waals surface area contributed by atoms with E-state index in [1.807, 2.05) is 6.92 Å². The van der Waals surface area contributed by atoms with Gasteiger partial charge >= 0.3 is 0 Å². The molecule has 0 aliphatic carbocycles. The summed E-state index contributed by atoms with van der Waals surface area (Å²) in [5.41, 5.74) is 0. The highest BCUT2D eigenvalue weighted by atomic mass is 32.2. The maximum atomic E-state index is 11.9. The van der Waals surface area contributed by atoms with Crippen molar-refractivity contribution < 1.29 is 18.3 Å². The Morgan fingerprint density at radius 3 is 2.39 bits per heavy atom. The number of benzene rings is 1. The Kier molecular flexibility index (Phi) is 5.58. The molecular formula is C12H19NO4S. The van der Waals surface area contributed by atoms with Gasteiger partial charge in [-0.1, -0.05) is 6.92 Å². The fourth-order valence-electron chi connectivity index (χ4n) is 1.32. The van der Waals surface area contributed by atoms with Gasteiger partial charge < -0.3 is 9.84 Å². The van der Waals surface area contributed by atoms with Crippen LogP contribution in [0.5, 0.6) is 5.75 Å². The van der Waals surface area contributed by atoms with Crippen molar-refractivity contribution in [3.05, 3.63) is 24.3 Å². The third kappa shape index (κ3) is 4.29. The summed E-state index contributed by atoms with van der Waals surface area (Å²) in [6.45, 7) is 4.20. The Hall–Kier alpha value is -1.11. The van der Waals surface area contributed by atoms with Crippen LogP contribution in [0.4, 0.5) is 0 Å². The van der Waals surface area contributed by atoms with Crippen LogP contribution in [0.2, 0.25) is 0 Å². The van der Waals surface area contributed by atoms with Gasteiger partial charge in [-0.2, -0.15) is 0 Å². The highest BCUT2D eigenvalue weighted by Crippen LogP contribution is 2.15. The molecule has 1 aromatic carbocycles. The predicted octanol–water partition coefficient (Wildman–Crippen LogP) is 1.13. The quantitative estimate of drug-likeness (QED) is 0.781. The summed E-state index contributed by atoms with van der Waals surface area (Å²) in [5, 5.41) is 9.34. The number of ether oxygens (including phenoxy) is 1. The molecule has 5 nitrogen and oxygen atoms in total. The Labute approximate surface area is 108 Å². The average Bonchev–Trinajstić information content (AvgIpc) is 2.37. The molecule has 0 heterocycles. The second-order valence-corrected chi connectivity index (χ2v) is 5.59. The number of hydrogen-bond donors (Lipinski definition) is 2. The van der Waals surface area contributed by atoms with E-state index in [9.17, 15) is 13.5 Å². The number of hydrogen-bond acceptors (Lipinski definition) is 4. The maximum absolute atomic E-state index is 11.9. The zero-order chi connectivity index (χ0) is 13.6. The van der Waals surface area contributed by atoms with Gasteiger partial charge in [0, 0.05) is 6.54 Å². The molecule has 0 spiro atoms. The number of aliphatic hydroxyl groups is 1. The van der Waals surface area contributed by atoms with E-state index in [0.717, 1.165) is 0 Å². The van der Waals surface area contributed by atoms with E-state index in [-0.39, 0.29) is 11.4 Å². The number of aliphatic hydroxyl groups excluding tert-OH is 1. The molecule has 0 aliphatic heterocycles. The third-order valence-electron chi connectivity index (χ3n) is 2.43. The van der Waals surface area contributed by atoms with Crippen molar-refractivity contribution in [3.8, 4) is 5.75 Å². The van der Waals surface area contributed by atoms with Crippen molar-refractivity contribution in [2.45, 2.75) is 31.3 Å². The molecule has 0 aliphatic rings. The van der Waals surface area contributed by atoms with Gasteiger partial charge in [-0.15, -0.1) is 0 Å². The Bertz CT molecular complexity index is 455. The summed E-state index contributed by atoms with van der Waals surface area (Å²) < 4.78 is 31.3. The van der Waals surface area contributed by atoms with E-state index in [0.29, 0.717) is 18.8 Å². The molecule has 0 radical (unpaired) electrons. The van der Waals surface area contributed by atoms with Gasteiger partial charge in [-0.3, -0.25) is 0 Å². The van der Waals surface area contributed by atoms with E-state index in [1.54, 1.807) is 19.1 Å². The Morgan fingerprint density at radius 1 is 1.28 bits per heavy atom. The van der Waals surface area contributed by atoms with Crippen LogP contribution < -0.4 is 9.46 Å². The molecule has 1 atom stereocenters. The predicted molar refractivity (Wildman–Crippen MR) is 69.1 cm³/mol. The van der Waals surface area contributed by atoms with Crippen molar-refractivity contribution in [1.29, 1.82) is 0 Å². The molecule has 6 heteroatoms. The summed E-state index contributed by atoms with van der Waals surface area (Å²) in [7, 11) is -3.56. The topological polar surface area (TPSA) is 75.6 Å². The van der Waals surface area contributed by atoms with Crippen LogP contribution in [0.15, 0.2) is 29.2 Å². The second-order valence-electron chi connectivity index (χ2n) is 3.82. The largest absolute Gasteiger partial charge is 0.494 e. The molecule has 0 bridgehead atoms. The van der Waals surface area contributed by atoms with E-state index in [1.165, 1.54) is 12.1 Å². The first-order valence-corrected chi connectivity index (χ1v) is 7.38. The van der Waals surface area contributed by atoms with Gasteiger partial charge in [0.1, 0.15) is 5.75 Å². The number of nitrogens with one attached hydrogen (secondary N) is 1. The minimum atomic E-state index is -3.56. The van der Waals surface area contributed by atoms with Crippen LogP contribution in [-0.4, -0.2) is 32.8 Å². The molecule has 102 valence electrons. The smallest absolute Gasteiger partial charge is 0.240 e. The zero-order valence-electron chi connectivity index (χ0n) is 10.6. The van der Waals surface area contributed by atoms with Crippen LogP contribution in [0.1, 0.15) is 20.3 Å². The Morgan fingerprint density at radius 2 is 1.89 bits per heavy atom. The van der Waals surface area contributed by atoms with Crippen molar-refractivity contribution in [1.82, 2.24) is 4.72 Å². The van der Waals surface area contributed by atoms with E-state index < -0.39 is 16.1 Å². The van der Waals surface area contributed by atoms with Crippen molar-refractivity contribution in [2.75, 3.05) is 13.2 Å². The molecule has 0 fully saturated rings. The molecule has 0 saturated heterocycles. The summed E-state index contributed by atoms with van der Waals surface area (Å²) >= 11 is 0. The third-order valence-corrected chi connectivity index (χ3v) is 3.86. The lowest BCUT2D eigenvalue weighted by Crippen LogP contribution is -2.31. The molecule has 18 heavy (non-hydrogen) atoms. The maximum Gasteiger partial charge on any atom is 0.240 e. The van der Waals surface area contributed by atoms with Crippen LogP contribution >= 0.6 is 0 Å². The summed E-state index contributed by atoms with van der Waals surface area (Å²) in [4.78, 5) is 0.161. The molecule has 2 N–H and O–H groups in total. The first-order chi connectivity index (χ1) is 8.49. The molecule has 0 amide bonds. The molecule has 0 saturated carbocycles. The highest BCUT2D eigenvalue weighted by molar-refractivity contribution is 7.89. The van der Waals surface area contributed by atoms with E-state index >= 15 is 0 Å². The van der Waals surface area contributed by atoms with E-state index in [4.69, 9.17) is 4.74 Å². The van der Waals surface area contributed by atoms with Gasteiger partial charge in [-0.05, 0) is 37.6 Å². The number of rotatable bonds is 7. The fourth-order valence-corrected chi connectivity index (χ4v) is 2.39. The summed E-state index contributed by atoms with van der Waals surface area (Å²) in [6, 6.07) is 6.17. The van der Waals surface area contributed by atoms with Gasteiger partial charge in [0.2, 0.25) is 10.0 Å². The lowest BCUT2D eigenvalue weighted by Gasteiger charge is -2.10. The number of sulfonamides is 1. The normalized spacial score (nSPS) is 13.3. The van der Waals surface area contributed by atoms with Crippen LogP contribution in [0.3, 0.4) is 0 Å². The van der Waals surface area contributed by atoms with Crippen LogP contribution in [0.25, 0.3) is 0 Å². The minimum absolute atomic E-state index is 0.0199. The minimum Gasteiger partial charge on any atom is -0.494 e. The molecule has 1 rings (SSSR count). The van der Waals surface area contributed by atoms with Crippen molar-refractivity contribution in [2.24, 2.45) is 0 Å². The first kappa shape index (κ1) is 14.9. The first-order valence-electron chi connectivity index (χ1n) is 5.90. The van der Waals surface area contributed by atoms with Gasteiger partial charge in [0.25, 0.3) is 0 Å². The van der Waals surface area contributed by atoms with Crippen molar-refractivity contribution in [3.63, 3.8) is 0 Å². The Balaban J connectivity index is 2.72. The molecular weight excluding hydrogens is 254 g/mol.